The second-order valence-corrected chi connectivity index (χ2v) is 10.9. The summed E-state index contributed by atoms with van der Waals surface area (Å²) in [6.07, 6.45) is 4.11. The van der Waals surface area contributed by atoms with E-state index in [0.29, 0.717) is 5.56 Å². The molecule has 3 atom stereocenters. The first-order valence-electron chi connectivity index (χ1n) is 12.6. The summed E-state index contributed by atoms with van der Waals surface area (Å²) in [4.78, 5) is 1.58. The SMILES string of the molecule is C[C@H](NC(c1ccc(-n2nccn2)cc1)C(C)(C)C#N)[C@@H](Cc1ccc(CI)cc1)c1cccc(C#N)c1. The molecule has 0 radical (unpaired) electrons. The van der Waals surface area contributed by atoms with Crippen LogP contribution in [0, 0.1) is 28.1 Å². The molecule has 4 rings (SSSR count). The molecular weight excluding hydrogens is 583 g/mol. The summed E-state index contributed by atoms with van der Waals surface area (Å²) in [5.74, 6) is 0.0956. The van der Waals surface area contributed by atoms with Crippen LogP contribution in [0.2, 0.25) is 0 Å². The van der Waals surface area contributed by atoms with Crippen molar-refractivity contribution in [2.75, 3.05) is 0 Å². The van der Waals surface area contributed by atoms with Gasteiger partial charge in [0.05, 0.1) is 47.2 Å². The van der Waals surface area contributed by atoms with Crippen LogP contribution in [0.3, 0.4) is 0 Å². The molecule has 0 aliphatic carbocycles. The zero-order valence-electron chi connectivity index (χ0n) is 21.8. The van der Waals surface area contributed by atoms with E-state index in [9.17, 15) is 10.5 Å². The van der Waals surface area contributed by atoms with E-state index in [-0.39, 0.29) is 18.0 Å². The van der Waals surface area contributed by atoms with Crippen LogP contribution >= 0.6 is 22.6 Å². The number of hydrogen-bond donors (Lipinski definition) is 1. The van der Waals surface area contributed by atoms with E-state index in [0.717, 1.165) is 27.7 Å². The molecule has 0 spiro atoms. The largest absolute Gasteiger partial charge is 0.305 e. The molecule has 0 fully saturated rings. The van der Waals surface area contributed by atoms with Gasteiger partial charge in [-0.1, -0.05) is 71.1 Å². The third-order valence-electron chi connectivity index (χ3n) is 7.00. The van der Waals surface area contributed by atoms with Crippen LogP contribution in [0.4, 0.5) is 0 Å². The second kappa shape index (κ2) is 12.3. The third-order valence-corrected chi connectivity index (χ3v) is 7.88. The predicted molar refractivity (Wildman–Crippen MR) is 158 cm³/mol. The summed E-state index contributed by atoms with van der Waals surface area (Å²) in [6, 6.07) is 29.2. The highest BCUT2D eigenvalue weighted by Gasteiger charge is 2.34. The zero-order valence-corrected chi connectivity index (χ0v) is 24.0. The minimum absolute atomic E-state index is 0.0123. The van der Waals surface area contributed by atoms with E-state index in [1.165, 1.54) is 11.1 Å². The molecule has 0 aliphatic rings. The van der Waals surface area contributed by atoms with E-state index in [4.69, 9.17) is 0 Å². The highest BCUT2D eigenvalue weighted by molar-refractivity contribution is 14.1. The average Bonchev–Trinajstić information content (AvgIpc) is 3.50. The molecule has 1 unspecified atom stereocenters. The van der Waals surface area contributed by atoms with Gasteiger partial charge in [-0.15, -0.1) is 0 Å². The van der Waals surface area contributed by atoms with E-state index < -0.39 is 5.41 Å². The lowest BCUT2D eigenvalue weighted by Crippen LogP contribution is -2.42. The van der Waals surface area contributed by atoms with Crippen LogP contribution in [0.25, 0.3) is 5.69 Å². The third kappa shape index (κ3) is 6.48. The van der Waals surface area contributed by atoms with Gasteiger partial charge < -0.3 is 5.32 Å². The lowest BCUT2D eigenvalue weighted by molar-refractivity contribution is 0.281. The Kier molecular flexibility index (Phi) is 8.93. The molecule has 0 saturated carbocycles. The van der Waals surface area contributed by atoms with Crippen LogP contribution in [0.5, 0.6) is 0 Å². The number of halogens is 1. The van der Waals surface area contributed by atoms with Crippen LogP contribution in [-0.2, 0) is 10.8 Å². The molecule has 1 aromatic heterocycles. The van der Waals surface area contributed by atoms with Crippen molar-refractivity contribution in [2.24, 2.45) is 5.41 Å². The van der Waals surface area contributed by atoms with Gasteiger partial charge in [-0.05, 0) is 73.7 Å². The Morgan fingerprint density at radius 1 is 0.921 bits per heavy atom. The van der Waals surface area contributed by atoms with Gasteiger partial charge in [0.25, 0.3) is 0 Å². The van der Waals surface area contributed by atoms with Gasteiger partial charge >= 0.3 is 0 Å². The summed E-state index contributed by atoms with van der Waals surface area (Å²) < 4.78 is 0.976. The predicted octanol–water partition coefficient (Wildman–Crippen LogP) is 6.67. The first-order chi connectivity index (χ1) is 18.3. The number of benzene rings is 3. The molecule has 3 aromatic carbocycles. The number of nitriles is 2. The van der Waals surface area contributed by atoms with Crippen molar-refractivity contribution in [1.82, 2.24) is 20.3 Å². The molecule has 4 aromatic rings. The Balaban J connectivity index is 1.66. The first kappa shape index (κ1) is 27.5. The fraction of sp³-hybridized carbons (Fsp3) is 0.290. The van der Waals surface area contributed by atoms with Crippen LogP contribution in [0.15, 0.2) is 85.2 Å². The van der Waals surface area contributed by atoms with Gasteiger partial charge in [-0.2, -0.15) is 25.5 Å². The van der Waals surface area contributed by atoms with Gasteiger partial charge in [-0.25, -0.2) is 0 Å². The lowest BCUT2D eigenvalue weighted by atomic mass is 9.79. The Labute approximate surface area is 238 Å². The van der Waals surface area contributed by atoms with Gasteiger partial charge in [0, 0.05) is 16.4 Å². The minimum atomic E-state index is -0.666. The van der Waals surface area contributed by atoms with Crippen molar-refractivity contribution in [3.63, 3.8) is 0 Å². The smallest absolute Gasteiger partial charge is 0.0991 e. The maximum absolute atomic E-state index is 10.1. The number of nitrogens with zero attached hydrogens (tertiary/aromatic N) is 5. The van der Waals surface area contributed by atoms with Crippen molar-refractivity contribution < 1.29 is 0 Å². The average molecular weight is 615 g/mol. The van der Waals surface area contributed by atoms with Gasteiger partial charge in [0.2, 0.25) is 0 Å². The maximum atomic E-state index is 10.1. The van der Waals surface area contributed by atoms with Gasteiger partial charge in [-0.3, -0.25) is 0 Å². The molecule has 192 valence electrons. The molecule has 38 heavy (non-hydrogen) atoms. The van der Waals surface area contributed by atoms with E-state index in [1.54, 1.807) is 17.2 Å². The Morgan fingerprint density at radius 2 is 1.58 bits per heavy atom. The van der Waals surface area contributed by atoms with Crippen molar-refractivity contribution in [2.45, 2.75) is 49.6 Å². The molecule has 1 N–H and O–H groups in total. The maximum Gasteiger partial charge on any atom is 0.0991 e. The fourth-order valence-electron chi connectivity index (χ4n) is 4.75. The number of hydrogen-bond acceptors (Lipinski definition) is 5. The lowest BCUT2D eigenvalue weighted by Gasteiger charge is -2.36. The number of nitrogens with one attached hydrogen (secondary N) is 1. The van der Waals surface area contributed by atoms with Crippen LogP contribution < -0.4 is 5.32 Å². The summed E-state index contributed by atoms with van der Waals surface area (Å²) >= 11 is 2.38. The monoisotopic (exact) mass is 614 g/mol. The quantitative estimate of drug-likeness (QED) is 0.159. The van der Waals surface area contributed by atoms with Gasteiger partial charge in [0.15, 0.2) is 0 Å². The van der Waals surface area contributed by atoms with Crippen molar-refractivity contribution in [3.05, 3.63) is 113 Å². The van der Waals surface area contributed by atoms with Gasteiger partial charge in [0.1, 0.15) is 0 Å². The molecule has 0 saturated heterocycles. The summed E-state index contributed by atoms with van der Waals surface area (Å²) in [6.45, 7) is 6.11. The second-order valence-electron chi connectivity index (χ2n) is 10.1. The molecule has 0 amide bonds. The van der Waals surface area contributed by atoms with E-state index in [2.05, 4.69) is 87.5 Å². The molecule has 1 heterocycles. The Morgan fingerprint density at radius 3 is 2.18 bits per heavy atom. The highest BCUT2D eigenvalue weighted by Crippen LogP contribution is 2.36. The van der Waals surface area contributed by atoms with E-state index in [1.807, 2.05) is 56.3 Å². The minimum Gasteiger partial charge on any atom is -0.305 e. The molecule has 0 aliphatic heterocycles. The number of rotatable bonds is 10. The van der Waals surface area contributed by atoms with Crippen LogP contribution in [-0.4, -0.2) is 21.0 Å². The van der Waals surface area contributed by atoms with Crippen molar-refractivity contribution in [3.8, 4) is 17.8 Å². The standard InChI is InChI=1S/C31H31IN6/c1-22(29(27-6-4-5-25(17-27)20-33)18-23-7-9-24(19-32)10-8-23)37-30(31(2,3)21-34)26-11-13-28(14-12-26)38-35-15-16-36-38/h4-17,22,29-30,37H,18-19H2,1-3H3/t22-,29+,30?/m0/s1. The topological polar surface area (TPSA) is 90.3 Å². The van der Waals surface area contributed by atoms with Crippen molar-refractivity contribution in [1.29, 1.82) is 10.5 Å². The Hall–Kier alpha value is -3.53. The molecule has 0 bridgehead atoms. The normalized spacial score (nSPS) is 13.7. The fourth-order valence-corrected chi connectivity index (χ4v) is 5.26. The summed E-state index contributed by atoms with van der Waals surface area (Å²) in [5, 5.41) is 31.9. The number of alkyl halides is 1. The molecule has 6 nitrogen and oxygen atoms in total. The van der Waals surface area contributed by atoms with Crippen molar-refractivity contribution >= 4 is 22.6 Å². The highest BCUT2D eigenvalue weighted by atomic mass is 127. The first-order valence-corrected chi connectivity index (χ1v) is 14.1. The summed E-state index contributed by atoms with van der Waals surface area (Å²) in [5.41, 5.74) is 5.52. The molecule has 7 heteroatoms. The molecular formula is C31H31IN6. The number of aromatic nitrogens is 3. The summed E-state index contributed by atoms with van der Waals surface area (Å²) in [7, 11) is 0. The van der Waals surface area contributed by atoms with Crippen LogP contribution in [0.1, 0.15) is 60.5 Å². The Bertz CT molecular complexity index is 1410. The van der Waals surface area contributed by atoms with E-state index >= 15 is 0 Å². The zero-order chi connectivity index (χ0) is 27.1.